The summed E-state index contributed by atoms with van der Waals surface area (Å²) in [6, 6.07) is 6.21. The van der Waals surface area contributed by atoms with Gasteiger partial charge in [-0.15, -0.1) is 0 Å². The molecule has 0 spiro atoms. The van der Waals surface area contributed by atoms with Crippen LogP contribution in [0.4, 0.5) is 4.39 Å². The highest BCUT2D eigenvalue weighted by molar-refractivity contribution is 7.88. The van der Waals surface area contributed by atoms with Gasteiger partial charge in [0.05, 0.1) is 6.26 Å². The number of nitrogens with one attached hydrogen (secondary N) is 1. The van der Waals surface area contributed by atoms with Crippen LogP contribution in [0.1, 0.15) is 11.6 Å². The van der Waals surface area contributed by atoms with Gasteiger partial charge in [0, 0.05) is 38.8 Å². The van der Waals surface area contributed by atoms with Crippen molar-refractivity contribution in [1.82, 2.24) is 14.5 Å². The van der Waals surface area contributed by atoms with E-state index in [1.165, 1.54) is 12.1 Å². The lowest BCUT2D eigenvalue weighted by Crippen LogP contribution is -2.48. The SMILES string of the molecule is CN1CCN(C(CNS(C)(=O)=O)c2ccc(F)cc2)CC1. The Morgan fingerprint density at radius 3 is 2.29 bits per heavy atom. The third-order valence-corrected chi connectivity index (χ3v) is 4.46. The maximum Gasteiger partial charge on any atom is 0.208 e. The van der Waals surface area contributed by atoms with Gasteiger partial charge in [-0.1, -0.05) is 12.1 Å². The van der Waals surface area contributed by atoms with Gasteiger partial charge in [-0.2, -0.15) is 0 Å². The van der Waals surface area contributed by atoms with E-state index < -0.39 is 10.0 Å². The molecule has 2 rings (SSSR count). The molecule has 0 radical (unpaired) electrons. The number of halogens is 1. The summed E-state index contributed by atoms with van der Waals surface area (Å²) in [4.78, 5) is 4.48. The third-order valence-electron chi connectivity index (χ3n) is 3.77. The molecule has 7 heteroatoms. The third kappa shape index (κ3) is 5.03. The zero-order valence-electron chi connectivity index (χ0n) is 12.4. The second-order valence-electron chi connectivity index (χ2n) is 5.53. The van der Waals surface area contributed by atoms with Gasteiger partial charge in [-0.05, 0) is 24.7 Å². The highest BCUT2D eigenvalue weighted by atomic mass is 32.2. The quantitative estimate of drug-likeness (QED) is 0.867. The molecular formula is C14H22FN3O2S. The van der Waals surface area contributed by atoms with Crippen molar-refractivity contribution in [3.63, 3.8) is 0 Å². The predicted molar refractivity (Wildman–Crippen MR) is 81.1 cm³/mol. The second-order valence-corrected chi connectivity index (χ2v) is 7.36. The molecule has 5 nitrogen and oxygen atoms in total. The van der Waals surface area contributed by atoms with Crippen molar-refractivity contribution in [2.45, 2.75) is 6.04 Å². The topological polar surface area (TPSA) is 52.6 Å². The van der Waals surface area contributed by atoms with Gasteiger partial charge < -0.3 is 4.90 Å². The van der Waals surface area contributed by atoms with Crippen LogP contribution in [0.5, 0.6) is 0 Å². The molecule has 1 atom stereocenters. The maximum absolute atomic E-state index is 13.1. The highest BCUT2D eigenvalue weighted by Gasteiger charge is 2.24. The fourth-order valence-electron chi connectivity index (χ4n) is 2.51. The van der Waals surface area contributed by atoms with E-state index >= 15 is 0 Å². The Kier molecular flexibility index (Phi) is 5.32. The van der Waals surface area contributed by atoms with Crippen molar-refractivity contribution in [2.24, 2.45) is 0 Å². The van der Waals surface area contributed by atoms with Crippen molar-refractivity contribution in [2.75, 3.05) is 46.0 Å². The summed E-state index contributed by atoms with van der Waals surface area (Å²) in [5.74, 6) is -0.285. The molecule has 1 aromatic carbocycles. The van der Waals surface area contributed by atoms with Crippen LogP contribution in [0.3, 0.4) is 0 Å². The lowest BCUT2D eigenvalue weighted by molar-refractivity contribution is 0.113. The van der Waals surface area contributed by atoms with E-state index in [0.717, 1.165) is 38.0 Å². The summed E-state index contributed by atoms with van der Waals surface area (Å²) < 4.78 is 38.4. The summed E-state index contributed by atoms with van der Waals surface area (Å²) in [6.07, 6.45) is 1.15. The maximum atomic E-state index is 13.1. The van der Waals surface area contributed by atoms with Gasteiger partial charge in [0.25, 0.3) is 0 Å². The molecule has 118 valence electrons. The van der Waals surface area contributed by atoms with E-state index in [1.807, 2.05) is 0 Å². The summed E-state index contributed by atoms with van der Waals surface area (Å²) in [6.45, 7) is 3.91. The van der Waals surface area contributed by atoms with Crippen LogP contribution in [0.2, 0.25) is 0 Å². The molecule has 1 aliphatic rings. The van der Waals surface area contributed by atoms with Crippen LogP contribution in [-0.4, -0.2) is 64.2 Å². The van der Waals surface area contributed by atoms with Crippen molar-refractivity contribution < 1.29 is 12.8 Å². The number of benzene rings is 1. The van der Waals surface area contributed by atoms with Crippen molar-refractivity contribution in [3.8, 4) is 0 Å². The fourth-order valence-corrected chi connectivity index (χ4v) is 2.97. The molecular weight excluding hydrogens is 293 g/mol. The Morgan fingerprint density at radius 1 is 1.19 bits per heavy atom. The fraction of sp³-hybridized carbons (Fsp3) is 0.571. The van der Waals surface area contributed by atoms with Crippen LogP contribution in [0.25, 0.3) is 0 Å². The first kappa shape index (κ1) is 16.4. The van der Waals surface area contributed by atoms with Gasteiger partial charge in [0.1, 0.15) is 5.82 Å². The van der Waals surface area contributed by atoms with E-state index in [-0.39, 0.29) is 11.9 Å². The molecule has 0 aromatic heterocycles. The van der Waals surface area contributed by atoms with Gasteiger partial charge in [-0.3, -0.25) is 4.90 Å². The lowest BCUT2D eigenvalue weighted by atomic mass is 10.0. The van der Waals surface area contributed by atoms with Gasteiger partial charge >= 0.3 is 0 Å². The largest absolute Gasteiger partial charge is 0.304 e. The molecule has 1 aromatic rings. The van der Waals surface area contributed by atoms with Crippen LogP contribution in [0, 0.1) is 5.82 Å². The van der Waals surface area contributed by atoms with Crippen LogP contribution in [-0.2, 0) is 10.0 Å². The molecule has 21 heavy (non-hydrogen) atoms. The van der Waals surface area contributed by atoms with Gasteiger partial charge in [0.15, 0.2) is 0 Å². The zero-order chi connectivity index (χ0) is 15.5. The monoisotopic (exact) mass is 315 g/mol. The minimum absolute atomic E-state index is 0.0750. The highest BCUT2D eigenvalue weighted by Crippen LogP contribution is 2.22. The molecule has 1 unspecified atom stereocenters. The smallest absolute Gasteiger partial charge is 0.208 e. The minimum Gasteiger partial charge on any atom is -0.304 e. The number of hydrogen-bond acceptors (Lipinski definition) is 4. The summed E-state index contributed by atoms with van der Waals surface area (Å²) in [5.41, 5.74) is 0.928. The van der Waals surface area contributed by atoms with E-state index in [9.17, 15) is 12.8 Å². The van der Waals surface area contributed by atoms with Crippen LogP contribution >= 0.6 is 0 Å². The molecule has 0 saturated carbocycles. The van der Waals surface area contributed by atoms with E-state index in [4.69, 9.17) is 0 Å². The molecule has 1 saturated heterocycles. The number of sulfonamides is 1. The van der Waals surface area contributed by atoms with Crippen molar-refractivity contribution >= 4 is 10.0 Å². The van der Waals surface area contributed by atoms with Crippen LogP contribution in [0.15, 0.2) is 24.3 Å². The molecule has 0 bridgehead atoms. The zero-order valence-corrected chi connectivity index (χ0v) is 13.2. The molecule has 0 aliphatic carbocycles. The van der Waals surface area contributed by atoms with E-state index in [2.05, 4.69) is 21.6 Å². The Morgan fingerprint density at radius 2 is 1.76 bits per heavy atom. The van der Waals surface area contributed by atoms with E-state index in [1.54, 1.807) is 12.1 Å². The summed E-state index contributed by atoms with van der Waals surface area (Å²) >= 11 is 0. The average Bonchev–Trinajstić information content (AvgIpc) is 2.41. The second kappa shape index (κ2) is 6.83. The molecule has 1 heterocycles. The Bertz CT molecular complexity index is 554. The number of piperazine rings is 1. The molecule has 0 amide bonds. The summed E-state index contributed by atoms with van der Waals surface area (Å²) in [5, 5.41) is 0. The van der Waals surface area contributed by atoms with Gasteiger partial charge in [0.2, 0.25) is 10.0 Å². The van der Waals surface area contributed by atoms with Crippen LogP contribution < -0.4 is 4.72 Å². The lowest BCUT2D eigenvalue weighted by Gasteiger charge is -2.38. The standard InChI is InChI=1S/C14H22FN3O2S/c1-17-7-9-18(10-8-17)14(11-16-21(2,19)20)12-3-5-13(15)6-4-12/h3-6,14,16H,7-11H2,1-2H3. The van der Waals surface area contributed by atoms with Crippen molar-refractivity contribution in [3.05, 3.63) is 35.6 Å². The Labute approximate surface area is 125 Å². The van der Waals surface area contributed by atoms with E-state index in [0.29, 0.717) is 6.54 Å². The molecule has 1 N–H and O–H groups in total. The Hall–Kier alpha value is -1.02. The first-order valence-corrected chi connectivity index (χ1v) is 8.87. The van der Waals surface area contributed by atoms with Gasteiger partial charge in [-0.25, -0.2) is 17.5 Å². The molecule has 1 aliphatic heterocycles. The number of nitrogens with zero attached hydrogens (tertiary/aromatic N) is 2. The van der Waals surface area contributed by atoms with Crippen molar-refractivity contribution in [1.29, 1.82) is 0 Å². The normalized spacial score (nSPS) is 19.6. The minimum atomic E-state index is -3.25. The first-order chi connectivity index (χ1) is 9.85. The number of likely N-dealkylation sites (N-methyl/N-ethyl adjacent to an activating group) is 1. The molecule has 1 fully saturated rings. The summed E-state index contributed by atoms with van der Waals surface area (Å²) in [7, 11) is -1.18. The predicted octanol–water partition coefficient (Wildman–Crippen LogP) is 0.663. The number of hydrogen-bond donors (Lipinski definition) is 1. The number of rotatable bonds is 5. The average molecular weight is 315 g/mol. The Balaban J connectivity index is 2.15. The first-order valence-electron chi connectivity index (χ1n) is 6.98.